The maximum atomic E-state index is 10.8. The van der Waals surface area contributed by atoms with Crippen LogP contribution in [0.15, 0.2) is 54.6 Å². The first-order valence-corrected chi connectivity index (χ1v) is 7.09. The minimum Gasteiger partial charge on any atom is -0.478 e. The number of carboxylic acids is 1. The average Bonchev–Trinajstić information content (AvgIpc) is 2.39. The van der Waals surface area contributed by atoms with Gasteiger partial charge in [-0.15, -0.1) is 0 Å². The third-order valence-corrected chi connectivity index (χ3v) is 4.79. The highest BCUT2D eigenvalue weighted by Crippen LogP contribution is 2.28. The van der Waals surface area contributed by atoms with Crippen LogP contribution in [0.5, 0.6) is 0 Å². The van der Waals surface area contributed by atoms with Crippen LogP contribution in [0, 0.1) is 0 Å². The van der Waals surface area contributed by atoms with Gasteiger partial charge in [-0.25, -0.2) is 4.79 Å². The quantitative estimate of drug-likeness (QED) is 0.842. The molecule has 0 fully saturated rings. The molecule has 0 saturated heterocycles. The molecule has 2 rings (SSSR count). The van der Waals surface area contributed by atoms with Crippen LogP contribution in [0.25, 0.3) is 0 Å². The van der Waals surface area contributed by atoms with Crippen molar-refractivity contribution in [2.75, 3.05) is 6.66 Å². The summed E-state index contributed by atoms with van der Waals surface area (Å²) in [4.78, 5) is 10.8. The van der Waals surface area contributed by atoms with Crippen molar-refractivity contribution < 1.29 is 9.90 Å². The van der Waals surface area contributed by atoms with Gasteiger partial charge in [-0.3, -0.25) is 0 Å². The summed E-state index contributed by atoms with van der Waals surface area (Å²) in [5.74, 6) is -0.878. The number of carboxylic acid groups (broad SMARTS) is 1. The Kier molecular flexibility index (Phi) is 3.55. The van der Waals surface area contributed by atoms with E-state index in [1.165, 1.54) is 10.6 Å². The molecule has 0 aliphatic rings. The van der Waals surface area contributed by atoms with Crippen LogP contribution in [0.1, 0.15) is 10.4 Å². The van der Waals surface area contributed by atoms with E-state index in [2.05, 4.69) is 18.8 Å². The van der Waals surface area contributed by atoms with Crippen molar-refractivity contribution in [2.24, 2.45) is 0 Å². The number of benzene rings is 2. The second kappa shape index (κ2) is 5.11. The molecule has 0 amide bonds. The monoisotopic (exact) mass is 244 g/mol. The molecule has 1 N–H and O–H groups in total. The Balaban J connectivity index is 2.26. The van der Waals surface area contributed by atoms with E-state index in [9.17, 15) is 4.79 Å². The predicted molar refractivity (Wildman–Crippen MR) is 72.0 cm³/mol. The van der Waals surface area contributed by atoms with E-state index in [1.54, 1.807) is 12.1 Å². The third kappa shape index (κ3) is 2.72. The van der Waals surface area contributed by atoms with Crippen LogP contribution in [0.2, 0.25) is 0 Å². The molecule has 0 radical (unpaired) electrons. The standard InChI is InChI=1S/C14H13O2P/c1-17(12-5-3-2-4-6-12)13-9-7-11(8-10-13)14(15)16/h2-10H,1H3,(H,15,16). The van der Waals surface area contributed by atoms with E-state index in [0.29, 0.717) is 5.56 Å². The molecule has 0 spiro atoms. The van der Waals surface area contributed by atoms with Crippen molar-refractivity contribution in [1.82, 2.24) is 0 Å². The summed E-state index contributed by atoms with van der Waals surface area (Å²) in [6.45, 7) is 2.18. The van der Waals surface area contributed by atoms with Crippen molar-refractivity contribution in [1.29, 1.82) is 0 Å². The number of hydrogen-bond donors (Lipinski definition) is 1. The zero-order chi connectivity index (χ0) is 12.3. The molecule has 0 bridgehead atoms. The normalized spacial score (nSPS) is 12.1. The maximum Gasteiger partial charge on any atom is 0.335 e. The van der Waals surface area contributed by atoms with Gasteiger partial charge in [-0.05, 0) is 37.3 Å². The van der Waals surface area contributed by atoms with Gasteiger partial charge in [0.2, 0.25) is 0 Å². The van der Waals surface area contributed by atoms with E-state index in [1.807, 2.05) is 30.3 Å². The lowest BCUT2D eigenvalue weighted by Gasteiger charge is -2.12. The lowest BCUT2D eigenvalue weighted by Crippen LogP contribution is -2.11. The fraction of sp³-hybridized carbons (Fsp3) is 0.0714. The molecule has 0 aliphatic carbocycles. The topological polar surface area (TPSA) is 37.3 Å². The SMILES string of the molecule is CP(c1ccccc1)c1ccc(C(=O)O)cc1. The number of hydrogen-bond acceptors (Lipinski definition) is 1. The zero-order valence-electron chi connectivity index (χ0n) is 9.50. The van der Waals surface area contributed by atoms with E-state index in [-0.39, 0.29) is 0 Å². The Morgan fingerprint density at radius 2 is 1.47 bits per heavy atom. The minimum absolute atomic E-state index is 0.338. The van der Waals surface area contributed by atoms with Crippen LogP contribution in [0.4, 0.5) is 0 Å². The Hall–Kier alpha value is -1.66. The highest BCUT2D eigenvalue weighted by atomic mass is 31.1. The van der Waals surface area contributed by atoms with Gasteiger partial charge in [0.05, 0.1) is 5.56 Å². The van der Waals surface area contributed by atoms with Crippen molar-refractivity contribution in [3.8, 4) is 0 Å². The van der Waals surface area contributed by atoms with E-state index >= 15 is 0 Å². The fourth-order valence-electron chi connectivity index (χ4n) is 1.63. The van der Waals surface area contributed by atoms with Crippen LogP contribution in [0.3, 0.4) is 0 Å². The predicted octanol–water partition coefficient (Wildman–Crippen LogP) is 2.45. The maximum absolute atomic E-state index is 10.8. The van der Waals surface area contributed by atoms with Gasteiger partial charge in [0.1, 0.15) is 0 Å². The van der Waals surface area contributed by atoms with Crippen LogP contribution in [-0.4, -0.2) is 17.7 Å². The summed E-state index contributed by atoms with van der Waals surface area (Å²) in [5, 5.41) is 11.3. The molecule has 0 heterocycles. The molecule has 2 aromatic carbocycles. The summed E-state index contributed by atoms with van der Waals surface area (Å²) >= 11 is 0. The molecular formula is C14H13O2P. The summed E-state index contributed by atoms with van der Waals surface area (Å²) < 4.78 is 0. The summed E-state index contributed by atoms with van der Waals surface area (Å²) in [6, 6.07) is 17.4. The van der Waals surface area contributed by atoms with Crippen LogP contribution < -0.4 is 10.6 Å². The molecule has 0 aromatic heterocycles. The Morgan fingerprint density at radius 1 is 0.941 bits per heavy atom. The molecule has 2 aromatic rings. The van der Waals surface area contributed by atoms with Gasteiger partial charge in [0.25, 0.3) is 0 Å². The van der Waals surface area contributed by atoms with Gasteiger partial charge < -0.3 is 5.11 Å². The second-order valence-corrected chi connectivity index (χ2v) is 5.90. The van der Waals surface area contributed by atoms with Gasteiger partial charge >= 0.3 is 5.97 Å². The molecule has 86 valence electrons. The molecule has 1 unspecified atom stereocenters. The van der Waals surface area contributed by atoms with Gasteiger partial charge in [-0.2, -0.15) is 0 Å². The lowest BCUT2D eigenvalue weighted by atomic mass is 10.2. The Labute approximate surface area is 102 Å². The molecule has 2 nitrogen and oxygen atoms in total. The highest BCUT2D eigenvalue weighted by molar-refractivity contribution is 7.72. The first-order valence-electron chi connectivity index (χ1n) is 5.30. The summed E-state index contributed by atoms with van der Waals surface area (Å²) in [7, 11) is -0.395. The Morgan fingerprint density at radius 3 is 2.00 bits per heavy atom. The number of carbonyl (C=O) groups is 1. The molecule has 3 heteroatoms. The van der Waals surface area contributed by atoms with E-state index in [0.717, 1.165) is 0 Å². The fourth-order valence-corrected chi connectivity index (χ4v) is 3.14. The van der Waals surface area contributed by atoms with Crippen molar-refractivity contribution >= 4 is 24.5 Å². The molecule has 0 aliphatic heterocycles. The average molecular weight is 244 g/mol. The van der Waals surface area contributed by atoms with E-state index < -0.39 is 13.9 Å². The number of aromatic carboxylic acids is 1. The van der Waals surface area contributed by atoms with Gasteiger partial charge in [0.15, 0.2) is 0 Å². The van der Waals surface area contributed by atoms with Crippen molar-refractivity contribution in [3.63, 3.8) is 0 Å². The lowest BCUT2D eigenvalue weighted by molar-refractivity contribution is 0.0697. The van der Waals surface area contributed by atoms with Gasteiger partial charge in [-0.1, -0.05) is 42.5 Å². The van der Waals surface area contributed by atoms with Crippen molar-refractivity contribution in [2.45, 2.75) is 0 Å². The highest BCUT2D eigenvalue weighted by Gasteiger charge is 2.08. The second-order valence-electron chi connectivity index (χ2n) is 3.75. The van der Waals surface area contributed by atoms with E-state index in [4.69, 9.17) is 5.11 Å². The molecule has 1 atom stereocenters. The Bertz CT molecular complexity index is 506. The first-order chi connectivity index (χ1) is 8.18. The minimum atomic E-state index is -0.878. The smallest absolute Gasteiger partial charge is 0.335 e. The van der Waals surface area contributed by atoms with Crippen molar-refractivity contribution in [3.05, 3.63) is 60.2 Å². The zero-order valence-corrected chi connectivity index (χ0v) is 10.4. The van der Waals surface area contributed by atoms with Gasteiger partial charge in [0, 0.05) is 0 Å². The molecular weight excluding hydrogens is 231 g/mol. The van der Waals surface area contributed by atoms with Crippen LogP contribution in [-0.2, 0) is 0 Å². The van der Waals surface area contributed by atoms with Crippen LogP contribution >= 0.6 is 7.92 Å². The first kappa shape index (κ1) is 11.8. The molecule has 0 saturated carbocycles. The number of rotatable bonds is 3. The largest absolute Gasteiger partial charge is 0.478 e. The summed E-state index contributed by atoms with van der Waals surface area (Å²) in [6.07, 6.45) is 0. The molecule has 17 heavy (non-hydrogen) atoms. The third-order valence-electron chi connectivity index (χ3n) is 2.65. The summed E-state index contributed by atoms with van der Waals surface area (Å²) in [5.41, 5.74) is 0.338.